The maximum atomic E-state index is 13.2. The summed E-state index contributed by atoms with van der Waals surface area (Å²) in [4.78, 5) is 12.4. The third-order valence-electron chi connectivity index (χ3n) is 5.45. The number of anilines is 1. The predicted molar refractivity (Wildman–Crippen MR) is 115 cm³/mol. The highest BCUT2D eigenvalue weighted by Gasteiger charge is 2.37. The number of halogens is 6. The van der Waals surface area contributed by atoms with Gasteiger partial charge in [-0.1, -0.05) is 12.8 Å². The van der Waals surface area contributed by atoms with Gasteiger partial charge in [0.15, 0.2) is 0 Å². The second-order valence-corrected chi connectivity index (χ2v) is 9.84. The lowest BCUT2D eigenvalue weighted by atomic mass is 10.1. The van der Waals surface area contributed by atoms with Crippen LogP contribution in [-0.2, 0) is 22.4 Å². The number of sulfonamides is 1. The number of amides is 1. The molecule has 0 radical (unpaired) electrons. The Morgan fingerprint density at radius 2 is 1.43 bits per heavy atom. The third kappa shape index (κ3) is 6.26. The summed E-state index contributed by atoms with van der Waals surface area (Å²) in [6, 6.07) is 4.03. The topological polar surface area (TPSA) is 75.7 Å². The molecule has 1 N–H and O–H groups in total. The molecule has 0 spiro atoms. The molecule has 192 valence electrons. The Bertz CT molecular complexity index is 1160. The molecule has 1 heterocycles. The second-order valence-electron chi connectivity index (χ2n) is 7.93. The van der Waals surface area contributed by atoms with Crippen LogP contribution >= 0.6 is 0 Å². The Balaban J connectivity index is 1.98. The van der Waals surface area contributed by atoms with E-state index in [1.165, 1.54) is 17.5 Å². The van der Waals surface area contributed by atoms with Gasteiger partial charge >= 0.3 is 12.4 Å². The molecular weight excluding hydrogens is 502 g/mol. The van der Waals surface area contributed by atoms with Crippen molar-refractivity contribution in [2.45, 2.75) is 42.9 Å². The van der Waals surface area contributed by atoms with Crippen molar-refractivity contribution in [3.05, 3.63) is 53.1 Å². The van der Waals surface area contributed by atoms with Gasteiger partial charge in [0.25, 0.3) is 5.91 Å². The van der Waals surface area contributed by atoms with Crippen LogP contribution in [0.3, 0.4) is 0 Å². The van der Waals surface area contributed by atoms with Crippen LogP contribution in [0, 0.1) is 0 Å². The molecular formula is C22H22F6N2O4S. The summed E-state index contributed by atoms with van der Waals surface area (Å²) in [5, 5.41) is 2.00. The van der Waals surface area contributed by atoms with Crippen molar-refractivity contribution in [1.82, 2.24) is 4.31 Å². The van der Waals surface area contributed by atoms with E-state index in [1.807, 2.05) is 5.32 Å². The molecule has 1 aliphatic rings. The molecule has 2 aromatic rings. The molecule has 1 fully saturated rings. The quantitative estimate of drug-likeness (QED) is 0.521. The van der Waals surface area contributed by atoms with E-state index < -0.39 is 45.1 Å². The van der Waals surface area contributed by atoms with Gasteiger partial charge in [0.05, 0.1) is 18.2 Å². The number of methoxy groups -OCH3 is 1. The Hall–Kier alpha value is -2.80. The summed E-state index contributed by atoms with van der Waals surface area (Å²) in [6.07, 6.45) is -7.15. The number of carbonyl (C=O) groups excluding carboxylic acids is 1. The van der Waals surface area contributed by atoms with Crippen molar-refractivity contribution in [2.24, 2.45) is 0 Å². The van der Waals surface area contributed by atoms with Gasteiger partial charge in [-0.2, -0.15) is 30.6 Å². The fraction of sp³-hybridized carbons (Fsp3) is 0.409. The first kappa shape index (κ1) is 26.8. The first-order valence-corrected chi connectivity index (χ1v) is 12.0. The van der Waals surface area contributed by atoms with Gasteiger partial charge < -0.3 is 10.1 Å². The molecule has 0 aliphatic carbocycles. The van der Waals surface area contributed by atoms with E-state index in [2.05, 4.69) is 0 Å². The number of benzene rings is 2. The van der Waals surface area contributed by atoms with E-state index >= 15 is 0 Å². The van der Waals surface area contributed by atoms with Gasteiger partial charge in [-0.25, -0.2) is 8.42 Å². The van der Waals surface area contributed by atoms with Crippen LogP contribution in [0.4, 0.5) is 32.0 Å². The third-order valence-corrected chi connectivity index (χ3v) is 7.37. The summed E-state index contributed by atoms with van der Waals surface area (Å²) >= 11 is 0. The number of nitrogens with zero attached hydrogens (tertiary/aromatic N) is 1. The van der Waals surface area contributed by atoms with Gasteiger partial charge in [0, 0.05) is 24.3 Å². The van der Waals surface area contributed by atoms with Gasteiger partial charge in [-0.3, -0.25) is 4.79 Å². The number of alkyl halides is 6. The highest BCUT2D eigenvalue weighted by atomic mass is 32.2. The molecule has 0 aromatic heterocycles. The molecule has 0 unspecified atom stereocenters. The van der Waals surface area contributed by atoms with Gasteiger partial charge in [-0.15, -0.1) is 0 Å². The van der Waals surface area contributed by atoms with E-state index in [1.54, 1.807) is 0 Å². The molecule has 1 saturated heterocycles. The van der Waals surface area contributed by atoms with Crippen LogP contribution in [0.5, 0.6) is 5.75 Å². The molecule has 2 aromatic carbocycles. The first-order chi connectivity index (χ1) is 16.2. The molecule has 3 rings (SSSR count). The van der Waals surface area contributed by atoms with E-state index in [-0.39, 0.29) is 35.4 Å². The Kier molecular flexibility index (Phi) is 7.70. The molecule has 1 aliphatic heterocycles. The Morgan fingerprint density at radius 1 is 0.886 bits per heavy atom. The smallest absolute Gasteiger partial charge is 0.416 e. The van der Waals surface area contributed by atoms with Crippen LogP contribution in [-0.4, -0.2) is 38.8 Å². The van der Waals surface area contributed by atoms with Crippen LogP contribution in [0.25, 0.3) is 0 Å². The van der Waals surface area contributed by atoms with Gasteiger partial charge in [-0.05, 0) is 49.2 Å². The number of nitrogens with one attached hydrogen (secondary N) is 1. The Labute approximate surface area is 197 Å². The average Bonchev–Trinajstić information content (AvgIpc) is 3.07. The highest BCUT2D eigenvalue weighted by molar-refractivity contribution is 7.89. The predicted octanol–water partition coefficient (Wildman–Crippen LogP) is 5.55. The molecule has 35 heavy (non-hydrogen) atoms. The van der Waals surface area contributed by atoms with E-state index in [0.29, 0.717) is 25.0 Å². The number of ether oxygens (including phenoxy) is 1. The maximum absolute atomic E-state index is 13.2. The fourth-order valence-corrected chi connectivity index (χ4v) is 5.37. The molecule has 6 nitrogen and oxygen atoms in total. The summed E-state index contributed by atoms with van der Waals surface area (Å²) in [6.45, 7) is 0.540. The molecule has 0 atom stereocenters. The minimum Gasteiger partial charge on any atom is -0.495 e. The zero-order chi connectivity index (χ0) is 26.0. The lowest BCUT2D eigenvalue weighted by Crippen LogP contribution is -2.32. The number of hydrogen-bond acceptors (Lipinski definition) is 4. The van der Waals surface area contributed by atoms with Crippen LogP contribution in [0.1, 0.15) is 47.2 Å². The molecule has 13 heteroatoms. The second kappa shape index (κ2) is 10.1. The average molecular weight is 524 g/mol. The summed E-state index contributed by atoms with van der Waals surface area (Å²) in [7, 11) is -2.84. The summed E-state index contributed by atoms with van der Waals surface area (Å²) < 4.78 is 111. The molecule has 0 bridgehead atoms. The molecule has 1 amide bonds. The summed E-state index contributed by atoms with van der Waals surface area (Å²) in [5.74, 6) is -1.14. The zero-order valence-corrected chi connectivity index (χ0v) is 19.3. The molecule has 0 saturated carbocycles. The minimum absolute atomic E-state index is 0.0516. The first-order valence-electron chi connectivity index (χ1n) is 10.5. The van der Waals surface area contributed by atoms with Crippen molar-refractivity contribution < 1.29 is 44.3 Å². The van der Waals surface area contributed by atoms with E-state index in [4.69, 9.17) is 4.74 Å². The highest BCUT2D eigenvalue weighted by Crippen LogP contribution is 2.38. The number of rotatable bonds is 5. The van der Waals surface area contributed by atoms with Crippen LogP contribution < -0.4 is 10.1 Å². The number of carbonyl (C=O) groups is 1. The van der Waals surface area contributed by atoms with Crippen LogP contribution in [0.15, 0.2) is 41.3 Å². The zero-order valence-electron chi connectivity index (χ0n) is 18.5. The van der Waals surface area contributed by atoms with E-state index in [9.17, 15) is 39.6 Å². The minimum atomic E-state index is -5.09. The van der Waals surface area contributed by atoms with Crippen molar-refractivity contribution >= 4 is 21.6 Å². The van der Waals surface area contributed by atoms with Crippen molar-refractivity contribution in [3.8, 4) is 5.75 Å². The van der Waals surface area contributed by atoms with Gasteiger partial charge in [0.1, 0.15) is 10.6 Å². The summed E-state index contributed by atoms with van der Waals surface area (Å²) in [5.41, 5.74) is -4.22. The van der Waals surface area contributed by atoms with Crippen molar-refractivity contribution in [3.63, 3.8) is 0 Å². The normalized spacial score (nSPS) is 16.0. The Morgan fingerprint density at radius 3 is 1.91 bits per heavy atom. The number of hydrogen-bond donors (Lipinski definition) is 1. The largest absolute Gasteiger partial charge is 0.495 e. The van der Waals surface area contributed by atoms with E-state index in [0.717, 1.165) is 25.0 Å². The van der Waals surface area contributed by atoms with Gasteiger partial charge in [0.2, 0.25) is 10.0 Å². The lowest BCUT2D eigenvalue weighted by Gasteiger charge is -2.21. The van der Waals surface area contributed by atoms with Crippen molar-refractivity contribution in [2.75, 3.05) is 25.5 Å². The fourth-order valence-electron chi connectivity index (χ4n) is 3.67. The maximum Gasteiger partial charge on any atom is 0.416 e. The lowest BCUT2D eigenvalue weighted by molar-refractivity contribution is -0.143. The van der Waals surface area contributed by atoms with Crippen molar-refractivity contribution in [1.29, 1.82) is 0 Å². The SMILES string of the molecule is COc1ccc(C(=O)Nc2cc(C(F)(F)F)cc(C(F)(F)F)c2)cc1S(=O)(=O)N1CCCCCC1. The van der Waals surface area contributed by atoms with Crippen LogP contribution in [0.2, 0.25) is 0 Å². The monoisotopic (exact) mass is 524 g/mol. The standard InChI is InChI=1S/C22H22F6N2O4S/c1-34-18-7-6-14(10-19(18)35(32,33)30-8-4-2-3-5-9-30)20(31)29-17-12-15(21(23,24)25)11-16(13-17)22(26,27)28/h6-7,10-13H,2-5,8-9H2,1H3,(H,29,31).